The summed E-state index contributed by atoms with van der Waals surface area (Å²) in [6, 6.07) is 0. The first-order valence-electron chi connectivity index (χ1n) is 5.01. The zero-order valence-corrected chi connectivity index (χ0v) is 10.3. The van der Waals surface area contributed by atoms with Crippen molar-refractivity contribution in [3.8, 4) is 0 Å². The summed E-state index contributed by atoms with van der Waals surface area (Å²) in [6.45, 7) is 5.54. The standard InChI is InChI=1S/C10H15NO4S/c1-4-14-9(13)8-10(15-5-11-8)16-7(3)6(2)12/h5-7,12H,4H2,1-3H3/t6-,7?/m0/s1. The summed E-state index contributed by atoms with van der Waals surface area (Å²) in [5, 5.41) is 9.65. The van der Waals surface area contributed by atoms with Crippen LogP contribution in [0.25, 0.3) is 0 Å². The second-order valence-electron chi connectivity index (χ2n) is 3.27. The topological polar surface area (TPSA) is 72.6 Å². The minimum Gasteiger partial charge on any atom is -0.461 e. The minimum absolute atomic E-state index is 0.0823. The van der Waals surface area contributed by atoms with Crippen LogP contribution in [0.3, 0.4) is 0 Å². The Bertz CT molecular complexity index is 350. The Morgan fingerprint density at radius 1 is 1.69 bits per heavy atom. The van der Waals surface area contributed by atoms with Crippen LogP contribution in [0.5, 0.6) is 0 Å². The van der Waals surface area contributed by atoms with Gasteiger partial charge in [-0.1, -0.05) is 18.7 Å². The highest BCUT2D eigenvalue weighted by Gasteiger charge is 2.21. The number of carbonyl (C=O) groups is 1. The molecule has 6 heteroatoms. The number of aliphatic hydroxyl groups is 1. The number of esters is 1. The quantitative estimate of drug-likeness (QED) is 0.629. The fraction of sp³-hybridized carbons (Fsp3) is 0.600. The van der Waals surface area contributed by atoms with Crippen LogP contribution in [0.1, 0.15) is 31.3 Å². The molecular formula is C10H15NO4S. The van der Waals surface area contributed by atoms with Crippen molar-refractivity contribution in [2.75, 3.05) is 6.61 Å². The van der Waals surface area contributed by atoms with Gasteiger partial charge in [-0.2, -0.15) is 0 Å². The van der Waals surface area contributed by atoms with Gasteiger partial charge in [-0.05, 0) is 13.8 Å². The van der Waals surface area contributed by atoms with E-state index in [0.717, 1.165) is 0 Å². The predicted octanol–water partition coefficient (Wildman–Crippen LogP) is 1.71. The average molecular weight is 245 g/mol. The van der Waals surface area contributed by atoms with Gasteiger partial charge in [0.05, 0.1) is 12.7 Å². The van der Waals surface area contributed by atoms with Gasteiger partial charge in [0, 0.05) is 5.25 Å². The van der Waals surface area contributed by atoms with Crippen molar-refractivity contribution in [3.63, 3.8) is 0 Å². The van der Waals surface area contributed by atoms with Gasteiger partial charge in [-0.3, -0.25) is 0 Å². The highest BCUT2D eigenvalue weighted by atomic mass is 32.2. The molecule has 1 heterocycles. The summed E-state index contributed by atoms with van der Waals surface area (Å²) in [6.07, 6.45) is 0.703. The molecule has 5 nitrogen and oxygen atoms in total. The molecule has 1 N–H and O–H groups in total. The number of hydrogen-bond acceptors (Lipinski definition) is 6. The second-order valence-corrected chi connectivity index (χ2v) is 4.62. The highest BCUT2D eigenvalue weighted by molar-refractivity contribution is 7.99. The van der Waals surface area contributed by atoms with Crippen molar-refractivity contribution in [1.82, 2.24) is 4.98 Å². The largest absolute Gasteiger partial charge is 0.461 e. The minimum atomic E-state index is -0.503. The molecule has 0 aliphatic heterocycles. The smallest absolute Gasteiger partial charge is 0.361 e. The fourth-order valence-corrected chi connectivity index (χ4v) is 1.80. The van der Waals surface area contributed by atoms with Crippen molar-refractivity contribution < 1.29 is 19.1 Å². The van der Waals surface area contributed by atoms with Gasteiger partial charge >= 0.3 is 5.97 Å². The molecule has 90 valence electrons. The molecule has 1 aromatic heterocycles. The van der Waals surface area contributed by atoms with Gasteiger partial charge in [0.1, 0.15) is 0 Å². The second kappa shape index (κ2) is 5.91. The van der Waals surface area contributed by atoms with E-state index in [4.69, 9.17) is 9.15 Å². The summed E-state index contributed by atoms with van der Waals surface area (Å²) in [4.78, 5) is 15.3. The van der Waals surface area contributed by atoms with E-state index in [0.29, 0.717) is 11.7 Å². The molecule has 0 fully saturated rings. The van der Waals surface area contributed by atoms with Gasteiger partial charge < -0.3 is 14.3 Å². The lowest BCUT2D eigenvalue weighted by atomic mass is 10.3. The van der Waals surface area contributed by atoms with Crippen molar-refractivity contribution in [1.29, 1.82) is 0 Å². The summed E-state index contributed by atoms with van der Waals surface area (Å²) in [5.74, 6) is -0.503. The number of rotatable bonds is 5. The van der Waals surface area contributed by atoms with Gasteiger partial charge in [-0.15, -0.1) is 0 Å². The Morgan fingerprint density at radius 3 is 2.94 bits per heavy atom. The molecule has 0 spiro atoms. The molecule has 0 saturated carbocycles. The van der Waals surface area contributed by atoms with Crippen LogP contribution in [0.2, 0.25) is 0 Å². The number of hydrogen-bond donors (Lipinski definition) is 1. The molecule has 16 heavy (non-hydrogen) atoms. The first-order valence-corrected chi connectivity index (χ1v) is 5.89. The third-order valence-corrected chi connectivity index (χ3v) is 3.25. The zero-order chi connectivity index (χ0) is 12.1. The van der Waals surface area contributed by atoms with Crippen LogP contribution in [-0.4, -0.2) is 34.0 Å². The summed E-state index contributed by atoms with van der Waals surface area (Å²) in [7, 11) is 0. The molecule has 0 saturated heterocycles. The van der Waals surface area contributed by atoms with Gasteiger partial charge in [0.15, 0.2) is 11.5 Å². The van der Waals surface area contributed by atoms with Crippen molar-refractivity contribution in [2.24, 2.45) is 0 Å². The molecule has 0 aromatic carbocycles. The molecule has 0 aliphatic carbocycles. The molecule has 1 aromatic rings. The van der Waals surface area contributed by atoms with E-state index in [1.165, 1.54) is 18.2 Å². The maximum atomic E-state index is 11.5. The molecule has 0 amide bonds. The molecule has 2 atom stereocenters. The number of oxazole rings is 1. The Balaban J connectivity index is 2.74. The van der Waals surface area contributed by atoms with Gasteiger partial charge in [0.25, 0.3) is 0 Å². The summed E-state index contributed by atoms with van der Waals surface area (Å²) >= 11 is 1.26. The molecule has 0 bridgehead atoms. The molecule has 0 aliphatic rings. The predicted molar refractivity (Wildman–Crippen MR) is 59.5 cm³/mol. The fourth-order valence-electron chi connectivity index (χ4n) is 0.922. The van der Waals surface area contributed by atoms with E-state index in [1.807, 2.05) is 6.92 Å². The van der Waals surface area contributed by atoms with Crippen LogP contribution in [0, 0.1) is 0 Å². The van der Waals surface area contributed by atoms with E-state index >= 15 is 0 Å². The number of thioether (sulfide) groups is 1. The summed E-state index contributed by atoms with van der Waals surface area (Å²) < 4.78 is 9.92. The number of nitrogens with zero attached hydrogens (tertiary/aromatic N) is 1. The Labute approximate surface area is 98.2 Å². The van der Waals surface area contributed by atoms with Crippen molar-refractivity contribution in [2.45, 2.75) is 37.2 Å². The van der Waals surface area contributed by atoms with Crippen LogP contribution in [0.15, 0.2) is 15.9 Å². The summed E-state index contributed by atoms with van der Waals surface area (Å²) in [5.41, 5.74) is 0.166. The SMILES string of the molecule is CCOC(=O)c1ncoc1SC(C)[C@H](C)O. The first kappa shape index (κ1) is 13.1. The van der Waals surface area contributed by atoms with Crippen molar-refractivity contribution in [3.05, 3.63) is 12.1 Å². The Hall–Kier alpha value is -1.01. The van der Waals surface area contributed by atoms with E-state index in [9.17, 15) is 9.90 Å². The average Bonchev–Trinajstić information content (AvgIpc) is 2.66. The lowest BCUT2D eigenvalue weighted by Crippen LogP contribution is -2.15. The van der Waals surface area contributed by atoms with Crippen LogP contribution >= 0.6 is 11.8 Å². The Morgan fingerprint density at radius 2 is 2.38 bits per heavy atom. The lowest BCUT2D eigenvalue weighted by molar-refractivity contribution is 0.0513. The zero-order valence-electron chi connectivity index (χ0n) is 9.47. The molecular weight excluding hydrogens is 230 g/mol. The van der Waals surface area contributed by atoms with Crippen molar-refractivity contribution >= 4 is 17.7 Å². The first-order chi connectivity index (χ1) is 7.56. The molecule has 1 unspecified atom stereocenters. The van der Waals surface area contributed by atoms with Gasteiger partial charge in [-0.25, -0.2) is 9.78 Å². The highest BCUT2D eigenvalue weighted by Crippen LogP contribution is 2.28. The normalized spacial score (nSPS) is 14.5. The van der Waals surface area contributed by atoms with Crippen LogP contribution in [0.4, 0.5) is 0 Å². The number of carbonyl (C=O) groups excluding carboxylic acids is 1. The molecule has 0 radical (unpaired) electrons. The number of aliphatic hydroxyl groups excluding tert-OH is 1. The van der Waals surface area contributed by atoms with E-state index in [-0.39, 0.29) is 10.9 Å². The van der Waals surface area contributed by atoms with Crippen LogP contribution in [-0.2, 0) is 4.74 Å². The maximum Gasteiger partial charge on any atom is 0.361 e. The lowest BCUT2D eigenvalue weighted by Gasteiger charge is -2.12. The Kier molecular flexibility index (Phi) is 4.82. The van der Waals surface area contributed by atoms with E-state index < -0.39 is 12.1 Å². The monoisotopic (exact) mass is 245 g/mol. The maximum absolute atomic E-state index is 11.5. The number of aromatic nitrogens is 1. The molecule has 1 rings (SSSR count). The van der Waals surface area contributed by atoms with E-state index in [2.05, 4.69) is 4.98 Å². The van der Waals surface area contributed by atoms with E-state index in [1.54, 1.807) is 13.8 Å². The number of ether oxygens (including phenoxy) is 1. The third-order valence-electron chi connectivity index (χ3n) is 1.98. The van der Waals surface area contributed by atoms with Gasteiger partial charge in [0.2, 0.25) is 5.69 Å². The van der Waals surface area contributed by atoms with Crippen LogP contribution < -0.4 is 0 Å². The third kappa shape index (κ3) is 3.24.